The van der Waals surface area contributed by atoms with Gasteiger partial charge in [0.15, 0.2) is 6.61 Å². The average molecular weight is 392 g/mol. The van der Waals surface area contributed by atoms with Gasteiger partial charge in [0.25, 0.3) is 5.91 Å². The number of hydrogen-bond donors (Lipinski definition) is 2. The lowest BCUT2D eigenvalue weighted by Gasteiger charge is -2.19. The summed E-state index contributed by atoms with van der Waals surface area (Å²) in [4.78, 5) is 25.6. The third kappa shape index (κ3) is 7.10. The van der Waals surface area contributed by atoms with Crippen molar-refractivity contribution >= 4 is 41.5 Å². The molecular formula is C17H27Cl2N3O3. The molecule has 0 aliphatic rings. The van der Waals surface area contributed by atoms with E-state index in [0.717, 1.165) is 0 Å². The van der Waals surface area contributed by atoms with Gasteiger partial charge >= 0.3 is 0 Å². The second kappa shape index (κ2) is 11.2. The molecule has 0 radical (unpaired) electrons. The van der Waals surface area contributed by atoms with Crippen molar-refractivity contribution in [3.05, 3.63) is 23.2 Å². The summed E-state index contributed by atoms with van der Waals surface area (Å²) in [6.45, 7) is 8.56. The van der Waals surface area contributed by atoms with Crippen LogP contribution in [0.4, 0.5) is 5.69 Å². The number of halogens is 2. The maximum absolute atomic E-state index is 12.0. The van der Waals surface area contributed by atoms with Crippen molar-refractivity contribution in [2.45, 2.75) is 33.7 Å². The fourth-order valence-corrected chi connectivity index (χ4v) is 2.23. The van der Waals surface area contributed by atoms with Gasteiger partial charge in [0.2, 0.25) is 5.91 Å². The van der Waals surface area contributed by atoms with Crippen molar-refractivity contribution in [1.29, 1.82) is 0 Å². The standard InChI is InChI=1S/C17H26ClN3O3.ClH/c1-5-21(6-2)16(22)10-24-15-8-7-13(9-14(15)18)20-17(23)11(3)12(4)19;/h7-9,11-12H,5-6,10,19H2,1-4H3,(H,20,23);1H. The molecule has 2 amide bonds. The van der Waals surface area contributed by atoms with Crippen LogP contribution in [0.3, 0.4) is 0 Å². The minimum Gasteiger partial charge on any atom is -0.482 e. The van der Waals surface area contributed by atoms with Crippen LogP contribution in [0.15, 0.2) is 18.2 Å². The summed E-state index contributed by atoms with van der Waals surface area (Å²) in [5.74, 6) is -0.188. The van der Waals surface area contributed by atoms with Crippen LogP contribution < -0.4 is 15.8 Å². The summed E-state index contributed by atoms with van der Waals surface area (Å²) in [5, 5.41) is 3.09. The van der Waals surface area contributed by atoms with Crippen LogP contribution in [0.1, 0.15) is 27.7 Å². The molecule has 2 unspecified atom stereocenters. The minimum atomic E-state index is -0.314. The van der Waals surface area contributed by atoms with Crippen molar-refractivity contribution in [3.63, 3.8) is 0 Å². The Kier molecular flexibility index (Phi) is 10.5. The number of amides is 2. The maximum Gasteiger partial charge on any atom is 0.260 e. The number of ether oxygens (including phenoxy) is 1. The summed E-state index contributed by atoms with van der Waals surface area (Å²) in [5.41, 5.74) is 6.27. The molecule has 1 aromatic rings. The van der Waals surface area contributed by atoms with Crippen LogP contribution in [-0.4, -0.2) is 42.5 Å². The molecule has 2 atom stereocenters. The molecule has 0 aliphatic carbocycles. The van der Waals surface area contributed by atoms with Gasteiger partial charge in [-0.2, -0.15) is 0 Å². The molecule has 0 aromatic heterocycles. The highest BCUT2D eigenvalue weighted by molar-refractivity contribution is 6.32. The van der Waals surface area contributed by atoms with Crippen LogP contribution in [0.25, 0.3) is 0 Å². The first-order valence-electron chi connectivity index (χ1n) is 8.06. The number of nitrogens with one attached hydrogen (secondary N) is 1. The number of hydrogen-bond acceptors (Lipinski definition) is 4. The van der Waals surface area contributed by atoms with Crippen molar-refractivity contribution in [2.24, 2.45) is 11.7 Å². The molecule has 0 spiro atoms. The minimum absolute atomic E-state index is 0. The van der Waals surface area contributed by atoms with Gasteiger partial charge in [0.1, 0.15) is 5.75 Å². The molecule has 1 rings (SSSR count). The van der Waals surface area contributed by atoms with Gasteiger partial charge in [-0.05, 0) is 39.0 Å². The van der Waals surface area contributed by atoms with E-state index in [1.807, 2.05) is 13.8 Å². The van der Waals surface area contributed by atoms with Crippen molar-refractivity contribution in [1.82, 2.24) is 4.90 Å². The van der Waals surface area contributed by atoms with E-state index in [-0.39, 0.29) is 42.8 Å². The highest BCUT2D eigenvalue weighted by Gasteiger charge is 2.17. The van der Waals surface area contributed by atoms with E-state index in [1.165, 1.54) is 0 Å². The lowest BCUT2D eigenvalue weighted by molar-refractivity contribution is -0.133. The van der Waals surface area contributed by atoms with Gasteiger partial charge in [-0.1, -0.05) is 18.5 Å². The fourth-order valence-electron chi connectivity index (χ4n) is 2.00. The zero-order chi connectivity index (χ0) is 18.3. The Bertz CT molecular complexity index is 578. The quantitative estimate of drug-likeness (QED) is 0.713. The molecule has 0 fully saturated rings. The summed E-state index contributed by atoms with van der Waals surface area (Å²) < 4.78 is 5.47. The molecule has 0 bridgehead atoms. The van der Waals surface area contributed by atoms with E-state index in [9.17, 15) is 9.59 Å². The number of nitrogens with two attached hydrogens (primary N) is 1. The van der Waals surface area contributed by atoms with Crippen LogP contribution in [0, 0.1) is 5.92 Å². The predicted octanol–water partition coefficient (Wildman–Crippen LogP) is 2.93. The Morgan fingerprint density at radius 1 is 1.28 bits per heavy atom. The Morgan fingerprint density at radius 2 is 1.88 bits per heavy atom. The van der Waals surface area contributed by atoms with E-state index in [0.29, 0.717) is 29.5 Å². The largest absolute Gasteiger partial charge is 0.482 e. The molecule has 0 aliphatic heterocycles. The summed E-state index contributed by atoms with van der Waals surface area (Å²) in [6, 6.07) is 4.65. The lowest BCUT2D eigenvalue weighted by Crippen LogP contribution is -2.34. The Morgan fingerprint density at radius 3 is 2.36 bits per heavy atom. The molecular weight excluding hydrogens is 365 g/mol. The second-order valence-electron chi connectivity index (χ2n) is 5.64. The number of benzene rings is 1. The molecule has 0 heterocycles. The number of anilines is 1. The second-order valence-corrected chi connectivity index (χ2v) is 6.04. The fraction of sp³-hybridized carbons (Fsp3) is 0.529. The highest BCUT2D eigenvalue weighted by Crippen LogP contribution is 2.28. The molecule has 0 saturated heterocycles. The third-order valence-corrected chi connectivity index (χ3v) is 4.16. The van der Waals surface area contributed by atoms with Gasteiger partial charge < -0.3 is 20.7 Å². The van der Waals surface area contributed by atoms with Gasteiger partial charge in [-0.15, -0.1) is 12.4 Å². The van der Waals surface area contributed by atoms with Gasteiger partial charge in [-0.3, -0.25) is 9.59 Å². The van der Waals surface area contributed by atoms with Gasteiger partial charge in [0, 0.05) is 24.8 Å². The van der Waals surface area contributed by atoms with Crippen LogP contribution >= 0.6 is 24.0 Å². The molecule has 6 nitrogen and oxygen atoms in total. The molecule has 8 heteroatoms. The Hall–Kier alpha value is -1.50. The van der Waals surface area contributed by atoms with E-state index in [4.69, 9.17) is 22.1 Å². The first kappa shape index (κ1) is 23.5. The molecule has 1 aromatic carbocycles. The summed E-state index contributed by atoms with van der Waals surface area (Å²) in [7, 11) is 0. The first-order valence-corrected chi connectivity index (χ1v) is 8.44. The SMILES string of the molecule is CCN(CC)C(=O)COc1ccc(NC(=O)C(C)C(C)N)cc1Cl.Cl. The van der Waals surface area contributed by atoms with Crippen LogP contribution in [-0.2, 0) is 9.59 Å². The number of carbonyl (C=O) groups excluding carboxylic acids is 2. The van der Waals surface area contributed by atoms with Gasteiger partial charge in [0.05, 0.1) is 10.9 Å². The zero-order valence-electron chi connectivity index (χ0n) is 15.0. The maximum atomic E-state index is 12.0. The summed E-state index contributed by atoms with van der Waals surface area (Å²) in [6.07, 6.45) is 0. The monoisotopic (exact) mass is 391 g/mol. The smallest absolute Gasteiger partial charge is 0.260 e. The Balaban J connectivity index is 0.00000576. The topological polar surface area (TPSA) is 84.7 Å². The first-order chi connectivity index (χ1) is 11.3. The summed E-state index contributed by atoms with van der Waals surface area (Å²) >= 11 is 6.16. The van der Waals surface area contributed by atoms with Crippen LogP contribution in [0.2, 0.25) is 5.02 Å². The van der Waals surface area contributed by atoms with E-state index < -0.39 is 0 Å². The molecule has 142 valence electrons. The predicted molar refractivity (Wildman–Crippen MR) is 104 cm³/mol. The lowest BCUT2D eigenvalue weighted by atomic mass is 10.0. The number of nitrogens with zero attached hydrogens (tertiary/aromatic N) is 1. The third-order valence-electron chi connectivity index (χ3n) is 3.87. The number of carbonyl (C=O) groups is 2. The molecule has 3 N–H and O–H groups in total. The average Bonchev–Trinajstić information content (AvgIpc) is 2.54. The van der Waals surface area contributed by atoms with Crippen molar-refractivity contribution in [3.8, 4) is 5.75 Å². The normalized spacial score (nSPS) is 12.6. The van der Waals surface area contributed by atoms with E-state index >= 15 is 0 Å². The van der Waals surface area contributed by atoms with E-state index in [1.54, 1.807) is 36.9 Å². The number of likely N-dealkylation sites (N-methyl/N-ethyl adjacent to an activating group) is 1. The van der Waals surface area contributed by atoms with Crippen molar-refractivity contribution < 1.29 is 14.3 Å². The molecule has 25 heavy (non-hydrogen) atoms. The van der Waals surface area contributed by atoms with Crippen LogP contribution in [0.5, 0.6) is 5.75 Å². The zero-order valence-corrected chi connectivity index (χ0v) is 16.6. The van der Waals surface area contributed by atoms with Crippen molar-refractivity contribution in [2.75, 3.05) is 25.0 Å². The van der Waals surface area contributed by atoms with E-state index in [2.05, 4.69) is 5.32 Å². The Labute approximate surface area is 160 Å². The highest BCUT2D eigenvalue weighted by atomic mass is 35.5. The molecule has 0 saturated carbocycles. The number of rotatable bonds is 8. The van der Waals surface area contributed by atoms with Gasteiger partial charge in [-0.25, -0.2) is 0 Å².